The van der Waals surface area contributed by atoms with Crippen molar-refractivity contribution in [3.63, 3.8) is 0 Å². The first kappa shape index (κ1) is 22.8. The Hall–Kier alpha value is -2.93. The van der Waals surface area contributed by atoms with Crippen molar-refractivity contribution in [3.05, 3.63) is 59.1 Å². The number of carbonyl (C=O) groups is 1. The molecular weight excluding hydrogens is 428 g/mol. The van der Waals surface area contributed by atoms with E-state index in [1.807, 2.05) is 11.0 Å². The molecule has 1 aromatic heterocycles. The molecule has 7 nitrogen and oxygen atoms in total. The lowest BCUT2D eigenvalue weighted by Gasteiger charge is -2.44. The van der Waals surface area contributed by atoms with E-state index in [1.165, 1.54) is 11.3 Å². The largest absolute Gasteiger partial charge is 0.497 e. The minimum atomic E-state index is -0.243. The molecule has 3 aliphatic rings. The number of allylic oxidation sites excluding steroid dienone is 1. The fraction of sp³-hybridized carbons (Fsp3) is 0.519. The van der Waals surface area contributed by atoms with E-state index in [9.17, 15) is 4.79 Å². The molecule has 5 rings (SSSR count). The van der Waals surface area contributed by atoms with Crippen LogP contribution >= 0.6 is 0 Å². The Morgan fingerprint density at radius 2 is 1.91 bits per heavy atom. The van der Waals surface area contributed by atoms with Gasteiger partial charge in [0.25, 0.3) is 0 Å². The molecule has 0 unspecified atom stereocenters. The molecule has 1 atom stereocenters. The van der Waals surface area contributed by atoms with Crippen LogP contribution in [-0.4, -0.2) is 64.7 Å². The standard InChI is InChI=1S/C27H36N4O3/c1-6-31-26(32)30-18-21-14-22(33-4)15-23(34-5)25(21)19(2)13-24(30)27(31)8-11-29(12-9-27)17-20-7-10-28(3)16-20/h7,10,13-16,19H,6,8-9,11-12,17-18H2,1-5H3/t19-/m0/s1. The number of carbonyl (C=O) groups excluding carboxylic acids is 1. The molecule has 2 aromatic rings. The fourth-order valence-electron chi connectivity index (χ4n) is 6.26. The van der Waals surface area contributed by atoms with Gasteiger partial charge in [0.15, 0.2) is 0 Å². The number of urea groups is 1. The highest BCUT2D eigenvalue weighted by molar-refractivity contribution is 5.83. The SMILES string of the molecule is CCN1C(=O)N2Cc3cc(OC)cc(OC)c3[C@@H](C)C=C2C12CCN(Cc1ccn(C)c1)CC2. The Labute approximate surface area is 202 Å². The van der Waals surface area contributed by atoms with Crippen LogP contribution in [0, 0.1) is 0 Å². The van der Waals surface area contributed by atoms with Gasteiger partial charge < -0.3 is 18.9 Å². The molecule has 7 heteroatoms. The smallest absolute Gasteiger partial charge is 0.325 e. The lowest BCUT2D eigenvalue weighted by molar-refractivity contribution is 0.0888. The molecular formula is C27H36N4O3. The second kappa shape index (κ2) is 8.69. The van der Waals surface area contributed by atoms with Crippen LogP contribution < -0.4 is 9.47 Å². The number of benzene rings is 1. The first-order chi connectivity index (χ1) is 16.4. The molecule has 0 bridgehead atoms. The van der Waals surface area contributed by atoms with Crippen LogP contribution in [0.25, 0.3) is 0 Å². The van der Waals surface area contributed by atoms with Gasteiger partial charge in [-0.2, -0.15) is 0 Å². The second-order valence-corrected chi connectivity index (χ2v) is 9.85. The van der Waals surface area contributed by atoms with E-state index < -0.39 is 0 Å². The van der Waals surface area contributed by atoms with Gasteiger partial charge in [0.05, 0.1) is 26.3 Å². The number of methoxy groups -OCH3 is 2. The van der Waals surface area contributed by atoms with Crippen molar-refractivity contribution in [2.45, 2.75) is 51.2 Å². The topological polar surface area (TPSA) is 50.2 Å². The van der Waals surface area contributed by atoms with Crippen molar-refractivity contribution in [3.8, 4) is 11.5 Å². The number of piperidine rings is 1. The van der Waals surface area contributed by atoms with E-state index in [-0.39, 0.29) is 17.5 Å². The van der Waals surface area contributed by atoms with Crippen LogP contribution in [0.5, 0.6) is 11.5 Å². The third-order valence-corrected chi connectivity index (χ3v) is 7.89. The van der Waals surface area contributed by atoms with Crippen LogP contribution in [0.15, 0.2) is 42.4 Å². The van der Waals surface area contributed by atoms with Gasteiger partial charge in [0.1, 0.15) is 11.5 Å². The number of hydrogen-bond acceptors (Lipinski definition) is 4. The van der Waals surface area contributed by atoms with Crippen LogP contribution in [0.1, 0.15) is 49.3 Å². The van der Waals surface area contributed by atoms with Gasteiger partial charge in [-0.1, -0.05) is 13.0 Å². The van der Waals surface area contributed by atoms with E-state index in [4.69, 9.17) is 9.47 Å². The van der Waals surface area contributed by atoms with Crippen molar-refractivity contribution < 1.29 is 14.3 Å². The summed E-state index contributed by atoms with van der Waals surface area (Å²) in [7, 11) is 5.44. The van der Waals surface area contributed by atoms with Gasteiger partial charge in [-0.05, 0) is 43.0 Å². The summed E-state index contributed by atoms with van der Waals surface area (Å²) in [5.74, 6) is 1.72. The van der Waals surface area contributed by atoms with Crippen molar-refractivity contribution in [1.82, 2.24) is 19.3 Å². The van der Waals surface area contributed by atoms with Crippen LogP contribution in [0.3, 0.4) is 0 Å². The maximum Gasteiger partial charge on any atom is 0.325 e. The highest BCUT2D eigenvalue weighted by Gasteiger charge is 2.54. The molecule has 182 valence electrons. The number of ether oxygens (including phenoxy) is 2. The van der Waals surface area contributed by atoms with Crippen molar-refractivity contribution in [1.29, 1.82) is 0 Å². The Balaban J connectivity index is 1.47. The lowest BCUT2D eigenvalue weighted by atomic mass is 9.82. The molecule has 0 aliphatic carbocycles. The van der Waals surface area contributed by atoms with Crippen LogP contribution in [0.2, 0.25) is 0 Å². The third-order valence-electron chi connectivity index (χ3n) is 7.89. The predicted molar refractivity (Wildman–Crippen MR) is 132 cm³/mol. The molecule has 34 heavy (non-hydrogen) atoms. The summed E-state index contributed by atoms with van der Waals surface area (Å²) in [6, 6.07) is 6.31. The third kappa shape index (κ3) is 3.57. The highest BCUT2D eigenvalue weighted by atomic mass is 16.5. The molecule has 2 fully saturated rings. The van der Waals surface area contributed by atoms with E-state index in [0.29, 0.717) is 13.1 Å². The zero-order valence-electron chi connectivity index (χ0n) is 21.0. The minimum Gasteiger partial charge on any atom is -0.497 e. The number of likely N-dealkylation sites (tertiary alicyclic amines) is 1. The summed E-state index contributed by atoms with van der Waals surface area (Å²) in [4.78, 5) is 20.4. The Morgan fingerprint density at radius 3 is 2.53 bits per heavy atom. The van der Waals surface area contributed by atoms with E-state index in [1.54, 1.807) is 14.2 Å². The van der Waals surface area contributed by atoms with Gasteiger partial charge in [-0.25, -0.2) is 4.79 Å². The second-order valence-electron chi connectivity index (χ2n) is 9.85. The molecule has 1 aromatic carbocycles. The van der Waals surface area contributed by atoms with Crippen molar-refractivity contribution >= 4 is 6.03 Å². The number of amides is 2. The number of nitrogens with zero attached hydrogens (tertiary/aromatic N) is 4. The Bertz CT molecular complexity index is 1110. The maximum absolute atomic E-state index is 13.7. The van der Waals surface area contributed by atoms with Crippen LogP contribution in [-0.2, 0) is 20.1 Å². The summed E-state index contributed by atoms with van der Waals surface area (Å²) >= 11 is 0. The summed E-state index contributed by atoms with van der Waals surface area (Å²) in [6.07, 6.45) is 8.52. The molecule has 2 amide bonds. The van der Waals surface area contributed by atoms with Gasteiger partial charge in [-0.3, -0.25) is 9.80 Å². The quantitative estimate of drug-likeness (QED) is 0.661. The summed E-state index contributed by atoms with van der Waals surface area (Å²) in [5.41, 5.74) is 4.51. The monoisotopic (exact) mass is 464 g/mol. The first-order valence-corrected chi connectivity index (χ1v) is 12.3. The number of hydrogen-bond donors (Lipinski definition) is 0. The van der Waals surface area contributed by atoms with Gasteiger partial charge in [0, 0.05) is 68.9 Å². The minimum absolute atomic E-state index is 0.118. The molecule has 3 aliphatic heterocycles. The number of aromatic nitrogens is 1. The highest BCUT2D eigenvalue weighted by Crippen LogP contribution is 2.49. The zero-order valence-corrected chi connectivity index (χ0v) is 21.0. The summed E-state index contributed by atoms with van der Waals surface area (Å²) < 4.78 is 13.4. The molecule has 1 spiro atoms. The number of fused-ring (bicyclic) bond motifs is 3. The summed E-state index contributed by atoms with van der Waals surface area (Å²) in [6.45, 7) is 8.48. The fourth-order valence-corrected chi connectivity index (χ4v) is 6.26. The van der Waals surface area contributed by atoms with Crippen molar-refractivity contribution in [2.75, 3.05) is 33.9 Å². The number of likely N-dealkylation sites (N-methyl/N-ethyl adjacent to an activating group) is 1. The Morgan fingerprint density at radius 1 is 1.15 bits per heavy atom. The van der Waals surface area contributed by atoms with Gasteiger partial charge >= 0.3 is 6.03 Å². The average Bonchev–Trinajstić information content (AvgIpc) is 3.27. The van der Waals surface area contributed by atoms with Crippen molar-refractivity contribution in [2.24, 2.45) is 7.05 Å². The van der Waals surface area contributed by atoms with E-state index >= 15 is 0 Å². The number of aryl methyl sites for hydroxylation is 1. The van der Waals surface area contributed by atoms with Crippen LogP contribution in [0.4, 0.5) is 4.79 Å². The average molecular weight is 465 g/mol. The first-order valence-electron chi connectivity index (χ1n) is 12.3. The maximum atomic E-state index is 13.7. The molecule has 0 radical (unpaired) electrons. The molecule has 0 N–H and O–H groups in total. The summed E-state index contributed by atoms with van der Waals surface area (Å²) in [5, 5.41) is 0. The van der Waals surface area contributed by atoms with Gasteiger partial charge in [0.2, 0.25) is 0 Å². The lowest BCUT2D eigenvalue weighted by Crippen LogP contribution is -2.53. The van der Waals surface area contributed by atoms with E-state index in [2.05, 4.69) is 65.9 Å². The molecule has 0 saturated carbocycles. The Kier molecular flexibility index (Phi) is 5.84. The normalized spacial score (nSPS) is 21.9. The predicted octanol–water partition coefficient (Wildman–Crippen LogP) is 4.34. The van der Waals surface area contributed by atoms with E-state index in [0.717, 1.165) is 55.1 Å². The van der Waals surface area contributed by atoms with Gasteiger partial charge in [-0.15, -0.1) is 0 Å². The molecule has 4 heterocycles. The molecule has 2 saturated heterocycles. The number of rotatable bonds is 5. The zero-order chi connectivity index (χ0) is 24.0.